The summed E-state index contributed by atoms with van der Waals surface area (Å²) in [5.41, 5.74) is -1.64. The molecule has 16 heteroatoms. The van der Waals surface area contributed by atoms with Crippen molar-refractivity contribution < 1.29 is 74.4 Å². The van der Waals surface area contributed by atoms with Crippen LogP contribution >= 0.6 is 0 Å². The first-order valence-electron chi connectivity index (χ1n) is 13.0. The number of aromatic hydroxyl groups is 4. The maximum Gasteiger partial charge on any atom is 0.239 e. The number of fused-ring (bicyclic) bond motifs is 1. The second-order valence-corrected chi connectivity index (χ2v) is 10.4. The lowest BCUT2D eigenvalue weighted by atomic mass is 10.00. The fraction of sp³-hybridized carbons (Fsp3) is 0.444. The number of hydrogen-bond acceptors (Lipinski definition) is 16. The fourth-order valence-corrected chi connectivity index (χ4v) is 4.87. The summed E-state index contributed by atoms with van der Waals surface area (Å²) in [6, 6.07) is 3.74. The molecule has 0 amide bonds. The minimum absolute atomic E-state index is 0.243. The third-order valence-corrected chi connectivity index (χ3v) is 7.31. The zero-order valence-corrected chi connectivity index (χ0v) is 22.5. The zero-order valence-electron chi connectivity index (χ0n) is 22.5. The molecule has 2 saturated heterocycles. The number of phenols is 4. The van der Waals surface area contributed by atoms with Gasteiger partial charge in [-0.3, -0.25) is 4.79 Å². The molecule has 0 aliphatic carbocycles. The van der Waals surface area contributed by atoms with Crippen LogP contribution in [0.15, 0.2) is 33.5 Å². The number of aliphatic hydroxyl groups excluding tert-OH is 6. The molecule has 2 fully saturated rings. The first kappa shape index (κ1) is 30.6. The maximum absolute atomic E-state index is 13.6. The predicted molar refractivity (Wildman–Crippen MR) is 141 cm³/mol. The van der Waals surface area contributed by atoms with Gasteiger partial charge in [-0.05, 0) is 26.0 Å². The van der Waals surface area contributed by atoms with Crippen LogP contribution in [0, 0.1) is 0 Å². The lowest BCUT2D eigenvalue weighted by molar-refractivity contribution is -0.268. The molecule has 43 heavy (non-hydrogen) atoms. The molecule has 10 unspecified atom stereocenters. The van der Waals surface area contributed by atoms with Crippen LogP contribution < -0.4 is 14.9 Å². The van der Waals surface area contributed by atoms with Gasteiger partial charge in [0.2, 0.25) is 29.5 Å². The Hall–Kier alpha value is -3.87. The summed E-state index contributed by atoms with van der Waals surface area (Å²) < 4.78 is 27.5. The highest BCUT2D eigenvalue weighted by molar-refractivity contribution is 5.88. The first-order chi connectivity index (χ1) is 20.2. The van der Waals surface area contributed by atoms with Gasteiger partial charge in [0, 0.05) is 17.7 Å². The molecule has 1 aromatic heterocycles. The molecule has 3 heterocycles. The van der Waals surface area contributed by atoms with E-state index in [-0.39, 0.29) is 11.1 Å². The Balaban J connectivity index is 1.59. The molecular weight excluding hydrogens is 580 g/mol. The largest absolute Gasteiger partial charge is 0.508 e. The molecule has 10 N–H and O–H groups in total. The second-order valence-electron chi connectivity index (χ2n) is 10.4. The van der Waals surface area contributed by atoms with Crippen molar-refractivity contribution in [3.8, 4) is 45.8 Å². The minimum Gasteiger partial charge on any atom is -0.508 e. The standard InChI is InChI=1S/C27H30O16/c1-7-16(32)19(35)21(37)26(39-7)42-24-12(30)3-9(4-13(24)31)23-25(43-27-22(38)20(36)17(33)8(2)40-27)18(34)15-11(29)5-10(28)6-14(15)41-23/h3-8,16-17,19-22,26-33,35-38H,1-2H3. The van der Waals surface area contributed by atoms with E-state index >= 15 is 0 Å². The minimum atomic E-state index is -1.86. The van der Waals surface area contributed by atoms with Crippen LogP contribution in [0.2, 0.25) is 0 Å². The van der Waals surface area contributed by atoms with E-state index in [1.807, 2.05) is 0 Å². The molecule has 2 aromatic carbocycles. The SMILES string of the molecule is CC1OC(Oc2c(O)cc(-c3oc4cc(O)cc(O)c4c(=O)c3OC3OC(C)C(O)C(O)C3O)cc2O)C(O)C(O)C1O. The van der Waals surface area contributed by atoms with Gasteiger partial charge in [0.1, 0.15) is 59.1 Å². The van der Waals surface area contributed by atoms with E-state index in [1.165, 1.54) is 13.8 Å². The summed E-state index contributed by atoms with van der Waals surface area (Å²) in [7, 11) is 0. The van der Waals surface area contributed by atoms with Crippen molar-refractivity contribution in [1.29, 1.82) is 0 Å². The highest BCUT2D eigenvalue weighted by Gasteiger charge is 2.45. The third kappa shape index (κ3) is 5.39. The molecule has 5 rings (SSSR count). The van der Waals surface area contributed by atoms with Gasteiger partial charge in [0.05, 0.1) is 12.2 Å². The monoisotopic (exact) mass is 610 g/mol. The van der Waals surface area contributed by atoms with Crippen molar-refractivity contribution in [2.75, 3.05) is 0 Å². The molecule has 0 saturated carbocycles. The van der Waals surface area contributed by atoms with E-state index in [0.717, 1.165) is 24.3 Å². The molecule has 16 nitrogen and oxygen atoms in total. The van der Waals surface area contributed by atoms with Crippen molar-refractivity contribution in [2.45, 2.75) is 75.3 Å². The maximum atomic E-state index is 13.6. The van der Waals surface area contributed by atoms with Crippen molar-refractivity contribution >= 4 is 11.0 Å². The summed E-state index contributed by atoms with van der Waals surface area (Å²) in [6.45, 7) is 2.77. The lowest BCUT2D eigenvalue weighted by Gasteiger charge is -2.39. The molecule has 2 aliphatic heterocycles. The number of hydrogen-bond donors (Lipinski definition) is 10. The molecule has 0 spiro atoms. The summed E-state index contributed by atoms with van der Waals surface area (Å²) in [5, 5.41) is 102. The summed E-state index contributed by atoms with van der Waals surface area (Å²) >= 11 is 0. The van der Waals surface area contributed by atoms with E-state index in [1.54, 1.807) is 0 Å². The Morgan fingerprint density at radius 3 is 1.63 bits per heavy atom. The van der Waals surface area contributed by atoms with Crippen LogP contribution in [0.4, 0.5) is 0 Å². The van der Waals surface area contributed by atoms with Crippen LogP contribution in [0.3, 0.4) is 0 Å². The van der Waals surface area contributed by atoms with Gasteiger partial charge in [-0.1, -0.05) is 0 Å². The van der Waals surface area contributed by atoms with E-state index in [2.05, 4.69) is 0 Å². The van der Waals surface area contributed by atoms with Crippen molar-refractivity contribution in [3.63, 3.8) is 0 Å². The number of rotatable bonds is 5. The van der Waals surface area contributed by atoms with E-state index in [0.29, 0.717) is 0 Å². The Morgan fingerprint density at radius 1 is 0.628 bits per heavy atom. The highest BCUT2D eigenvalue weighted by Crippen LogP contribution is 2.44. The molecule has 0 bridgehead atoms. The number of ether oxygens (including phenoxy) is 4. The average molecular weight is 611 g/mol. The quantitative estimate of drug-likeness (QED) is 0.161. The van der Waals surface area contributed by atoms with Gasteiger partial charge < -0.3 is 74.4 Å². The van der Waals surface area contributed by atoms with E-state index in [9.17, 15) is 55.9 Å². The van der Waals surface area contributed by atoms with Gasteiger partial charge in [0.15, 0.2) is 17.3 Å². The Kier molecular flexibility index (Phi) is 8.05. The van der Waals surface area contributed by atoms with Crippen molar-refractivity contribution in [2.24, 2.45) is 0 Å². The summed E-state index contributed by atoms with van der Waals surface area (Å²) in [4.78, 5) is 13.6. The molecule has 10 atom stereocenters. The van der Waals surface area contributed by atoms with Crippen LogP contribution in [-0.4, -0.2) is 112 Å². The molecule has 234 valence electrons. The fourth-order valence-electron chi connectivity index (χ4n) is 4.87. The second kappa shape index (κ2) is 11.3. The number of phenolic OH excluding ortho intramolecular Hbond substituents is 4. The first-order valence-corrected chi connectivity index (χ1v) is 13.0. The molecular formula is C27H30O16. The lowest BCUT2D eigenvalue weighted by Crippen LogP contribution is -2.58. The van der Waals surface area contributed by atoms with Crippen LogP contribution in [0.25, 0.3) is 22.3 Å². The normalized spacial score (nSPS) is 32.9. The smallest absolute Gasteiger partial charge is 0.239 e. The van der Waals surface area contributed by atoms with Gasteiger partial charge >= 0.3 is 0 Å². The predicted octanol–water partition coefficient (Wildman–Crippen LogP) is -1.30. The van der Waals surface area contributed by atoms with Gasteiger partial charge in [-0.25, -0.2) is 0 Å². The zero-order chi connectivity index (χ0) is 31.5. The van der Waals surface area contributed by atoms with Crippen LogP contribution in [-0.2, 0) is 9.47 Å². The Bertz CT molecular complexity index is 1550. The third-order valence-electron chi connectivity index (χ3n) is 7.31. The van der Waals surface area contributed by atoms with Crippen LogP contribution in [0.5, 0.6) is 34.5 Å². The molecule has 3 aromatic rings. The Labute approximate surface area is 241 Å². The van der Waals surface area contributed by atoms with Gasteiger partial charge in [0.25, 0.3) is 0 Å². The topological polar surface area (TPSA) is 269 Å². The van der Waals surface area contributed by atoms with Crippen molar-refractivity contribution in [1.82, 2.24) is 0 Å². The Morgan fingerprint density at radius 2 is 1.12 bits per heavy atom. The van der Waals surface area contributed by atoms with E-state index in [4.69, 9.17) is 23.4 Å². The average Bonchev–Trinajstić information content (AvgIpc) is 2.94. The molecule has 0 radical (unpaired) electrons. The van der Waals surface area contributed by atoms with Gasteiger partial charge in [-0.15, -0.1) is 0 Å². The molecule has 2 aliphatic rings. The van der Waals surface area contributed by atoms with E-state index < -0.39 is 112 Å². The van der Waals surface area contributed by atoms with Crippen molar-refractivity contribution in [3.05, 3.63) is 34.5 Å². The van der Waals surface area contributed by atoms with Crippen LogP contribution in [0.1, 0.15) is 13.8 Å². The number of benzene rings is 2. The highest BCUT2D eigenvalue weighted by atomic mass is 16.7. The number of aliphatic hydroxyl groups is 6. The summed E-state index contributed by atoms with van der Waals surface area (Å²) in [6.07, 6.45) is -15.4. The van der Waals surface area contributed by atoms with Gasteiger partial charge in [-0.2, -0.15) is 0 Å². The summed E-state index contributed by atoms with van der Waals surface area (Å²) in [5.74, 6) is -4.60.